The summed E-state index contributed by atoms with van der Waals surface area (Å²) in [5, 5.41) is 13.6. The summed E-state index contributed by atoms with van der Waals surface area (Å²) in [5.74, 6) is 0.759. The third-order valence-corrected chi connectivity index (χ3v) is 7.23. The SMILES string of the molecule is Cc1cc(Cl)ccc1-c1ccc2c(c1)C(NC(=O)C1CC(O)C1)CC1(CCOCC1)O2. The van der Waals surface area contributed by atoms with Crippen molar-refractivity contribution in [3.63, 3.8) is 0 Å². The van der Waals surface area contributed by atoms with Gasteiger partial charge in [-0.2, -0.15) is 0 Å². The Morgan fingerprint density at radius 3 is 2.65 bits per heavy atom. The summed E-state index contributed by atoms with van der Waals surface area (Å²) in [6.45, 7) is 3.40. The van der Waals surface area contributed by atoms with E-state index >= 15 is 0 Å². The van der Waals surface area contributed by atoms with Crippen LogP contribution in [0.3, 0.4) is 0 Å². The molecule has 164 valence electrons. The molecule has 1 spiro atoms. The van der Waals surface area contributed by atoms with Gasteiger partial charge in [0.05, 0.1) is 25.4 Å². The fourth-order valence-electron chi connectivity index (χ4n) is 5.06. The highest BCUT2D eigenvalue weighted by atomic mass is 35.5. The number of carbonyl (C=O) groups excluding carboxylic acids is 1. The van der Waals surface area contributed by atoms with Crippen LogP contribution in [-0.4, -0.2) is 35.9 Å². The molecule has 1 aliphatic carbocycles. The van der Waals surface area contributed by atoms with Crippen LogP contribution in [0.2, 0.25) is 5.02 Å². The van der Waals surface area contributed by atoms with Gasteiger partial charge in [0.2, 0.25) is 5.91 Å². The molecule has 3 aliphatic rings. The molecular weight excluding hydrogens is 414 g/mol. The second-order valence-electron chi connectivity index (χ2n) is 9.20. The minimum absolute atomic E-state index is 0.0263. The Morgan fingerprint density at radius 1 is 1.16 bits per heavy atom. The Morgan fingerprint density at radius 2 is 1.94 bits per heavy atom. The van der Waals surface area contributed by atoms with Crippen LogP contribution in [0, 0.1) is 12.8 Å². The number of halogens is 1. The fourth-order valence-corrected chi connectivity index (χ4v) is 5.29. The number of ether oxygens (including phenoxy) is 2. The van der Waals surface area contributed by atoms with Crippen LogP contribution in [0.25, 0.3) is 11.1 Å². The maximum Gasteiger partial charge on any atom is 0.223 e. The van der Waals surface area contributed by atoms with Crippen molar-refractivity contribution in [2.24, 2.45) is 5.92 Å². The van der Waals surface area contributed by atoms with Crippen molar-refractivity contribution in [2.75, 3.05) is 13.2 Å². The number of carbonyl (C=O) groups is 1. The topological polar surface area (TPSA) is 67.8 Å². The van der Waals surface area contributed by atoms with Gasteiger partial charge in [0.15, 0.2) is 0 Å². The van der Waals surface area contributed by atoms with Gasteiger partial charge in [-0.1, -0.05) is 23.7 Å². The maximum absolute atomic E-state index is 12.9. The first-order valence-electron chi connectivity index (χ1n) is 11.1. The van der Waals surface area contributed by atoms with Crippen molar-refractivity contribution in [2.45, 2.75) is 56.8 Å². The van der Waals surface area contributed by atoms with Crippen molar-refractivity contribution >= 4 is 17.5 Å². The van der Waals surface area contributed by atoms with Gasteiger partial charge in [-0.3, -0.25) is 4.79 Å². The van der Waals surface area contributed by atoms with E-state index in [9.17, 15) is 9.90 Å². The largest absolute Gasteiger partial charge is 0.487 e. The van der Waals surface area contributed by atoms with E-state index in [0.717, 1.165) is 52.3 Å². The molecule has 1 amide bonds. The second-order valence-corrected chi connectivity index (χ2v) is 9.63. The zero-order valence-corrected chi connectivity index (χ0v) is 18.5. The minimum atomic E-state index is -0.348. The number of amides is 1. The molecule has 2 aliphatic heterocycles. The highest BCUT2D eigenvalue weighted by molar-refractivity contribution is 6.30. The van der Waals surface area contributed by atoms with Crippen LogP contribution in [0.1, 0.15) is 49.3 Å². The zero-order chi connectivity index (χ0) is 21.6. The smallest absolute Gasteiger partial charge is 0.223 e. The molecule has 0 aromatic heterocycles. The number of hydrogen-bond donors (Lipinski definition) is 2. The molecule has 1 unspecified atom stereocenters. The third-order valence-electron chi connectivity index (χ3n) is 6.99. The van der Waals surface area contributed by atoms with Crippen molar-refractivity contribution in [1.82, 2.24) is 5.32 Å². The second kappa shape index (κ2) is 8.12. The number of benzene rings is 2. The lowest BCUT2D eigenvalue weighted by molar-refractivity contribution is -0.133. The van der Waals surface area contributed by atoms with Gasteiger partial charge >= 0.3 is 0 Å². The summed E-state index contributed by atoms with van der Waals surface area (Å²) in [6, 6.07) is 12.0. The van der Waals surface area contributed by atoms with Crippen LogP contribution in [-0.2, 0) is 9.53 Å². The highest BCUT2D eigenvalue weighted by Gasteiger charge is 2.44. The van der Waals surface area contributed by atoms with Crippen LogP contribution < -0.4 is 10.1 Å². The molecule has 0 bridgehead atoms. The van der Waals surface area contributed by atoms with Crippen molar-refractivity contribution in [3.05, 3.63) is 52.5 Å². The number of aliphatic hydroxyl groups excluding tert-OH is 1. The Hall–Kier alpha value is -2.08. The first kappa shape index (κ1) is 20.8. The highest BCUT2D eigenvalue weighted by Crippen LogP contribution is 2.46. The molecule has 31 heavy (non-hydrogen) atoms. The van der Waals surface area contributed by atoms with E-state index in [1.165, 1.54) is 0 Å². The predicted octanol–water partition coefficient (Wildman–Crippen LogP) is 4.58. The summed E-state index contributed by atoms with van der Waals surface area (Å²) in [4.78, 5) is 12.9. The van der Waals surface area contributed by atoms with Gasteiger partial charge < -0.3 is 19.9 Å². The molecule has 2 aromatic carbocycles. The Bertz CT molecular complexity index is 995. The average Bonchev–Trinajstić information content (AvgIpc) is 2.72. The van der Waals surface area contributed by atoms with E-state index in [1.54, 1.807) is 0 Å². The molecule has 1 saturated heterocycles. The quantitative estimate of drug-likeness (QED) is 0.731. The van der Waals surface area contributed by atoms with Gasteiger partial charge in [0.1, 0.15) is 11.4 Å². The van der Waals surface area contributed by atoms with Gasteiger partial charge in [-0.15, -0.1) is 0 Å². The van der Waals surface area contributed by atoms with Crippen LogP contribution in [0.15, 0.2) is 36.4 Å². The Labute approximate surface area is 187 Å². The number of hydrogen-bond acceptors (Lipinski definition) is 4. The van der Waals surface area contributed by atoms with Crippen molar-refractivity contribution in [1.29, 1.82) is 0 Å². The van der Waals surface area contributed by atoms with Crippen molar-refractivity contribution < 1.29 is 19.4 Å². The van der Waals surface area contributed by atoms with Crippen LogP contribution >= 0.6 is 11.6 Å². The molecule has 5 nitrogen and oxygen atoms in total. The Kier molecular flexibility index (Phi) is 5.45. The summed E-state index contributed by atoms with van der Waals surface area (Å²) in [6.07, 6.45) is 3.11. The van der Waals surface area contributed by atoms with E-state index in [-0.39, 0.29) is 29.6 Å². The monoisotopic (exact) mass is 441 g/mol. The molecule has 2 fully saturated rings. The Balaban J connectivity index is 1.49. The fraction of sp³-hybridized carbons (Fsp3) is 0.480. The molecule has 5 rings (SSSR count). The lowest BCUT2D eigenvalue weighted by atomic mass is 9.79. The maximum atomic E-state index is 12.9. The van der Waals surface area contributed by atoms with E-state index in [2.05, 4.69) is 24.4 Å². The average molecular weight is 442 g/mol. The summed E-state index contributed by atoms with van der Waals surface area (Å²) < 4.78 is 12.1. The van der Waals surface area contributed by atoms with E-state index < -0.39 is 0 Å². The van der Waals surface area contributed by atoms with Gasteiger partial charge in [0, 0.05) is 35.8 Å². The number of aliphatic hydroxyl groups is 1. The zero-order valence-electron chi connectivity index (χ0n) is 17.7. The number of rotatable bonds is 3. The van der Waals surface area contributed by atoms with Gasteiger partial charge in [-0.05, 0) is 60.7 Å². The van der Waals surface area contributed by atoms with Gasteiger partial charge in [0.25, 0.3) is 0 Å². The molecule has 1 saturated carbocycles. The molecule has 6 heteroatoms. The summed E-state index contributed by atoms with van der Waals surface area (Å²) in [5.41, 5.74) is 4.01. The molecular formula is C25H28ClNO4. The lowest BCUT2D eigenvalue weighted by Gasteiger charge is -2.45. The van der Waals surface area contributed by atoms with E-state index in [0.29, 0.717) is 26.1 Å². The first-order chi connectivity index (χ1) is 14.9. The van der Waals surface area contributed by atoms with E-state index in [1.807, 2.05) is 24.3 Å². The summed E-state index contributed by atoms with van der Waals surface area (Å²) >= 11 is 6.15. The third kappa shape index (κ3) is 4.07. The molecule has 2 N–H and O–H groups in total. The van der Waals surface area contributed by atoms with Crippen molar-refractivity contribution in [3.8, 4) is 16.9 Å². The van der Waals surface area contributed by atoms with Crippen LogP contribution in [0.4, 0.5) is 0 Å². The normalized spacial score (nSPS) is 26.5. The number of nitrogens with one attached hydrogen (secondary N) is 1. The predicted molar refractivity (Wildman–Crippen MR) is 119 cm³/mol. The molecule has 2 aromatic rings. The summed E-state index contributed by atoms with van der Waals surface area (Å²) in [7, 11) is 0. The first-order valence-corrected chi connectivity index (χ1v) is 11.5. The standard InChI is InChI=1S/C25H28ClNO4/c1-15-10-18(26)3-4-20(15)16-2-5-23-21(13-16)22(27-24(29)17-11-19(28)12-17)14-25(31-23)6-8-30-9-7-25/h2-5,10,13,17,19,22,28H,6-9,11-12,14H2,1H3,(H,27,29). The number of fused-ring (bicyclic) bond motifs is 1. The number of aryl methyl sites for hydroxylation is 1. The molecule has 0 radical (unpaired) electrons. The van der Waals surface area contributed by atoms with Gasteiger partial charge in [-0.25, -0.2) is 0 Å². The molecule has 1 atom stereocenters. The minimum Gasteiger partial charge on any atom is -0.487 e. The van der Waals surface area contributed by atoms with E-state index in [4.69, 9.17) is 21.1 Å². The van der Waals surface area contributed by atoms with Crippen LogP contribution in [0.5, 0.6) is 5.75 Å². The molecule has 2 heterocycles. The lowest BCUT2D eigenvalue weighted by Crippen LogP contribution is -2.50.